The van der Waals surface area contributed by atoms with Crippen molar-refractivity contribution in [2.75, 3.05) is 19.8 Å². The van der Waals surface area contributed by atoms with Gasteiger partial charge in [-0.3, -0.25) is 4.79 Å². The van der Waals surface area contributed by atoms with Crippen LogP contribution in [-0.4, -0.2) is 31.8 Å². The lowest BCUT2D eigenvalue weighted by molar-refractivity contribution is -0.127. The number of hydrogen-bond donors (Lipinski definition) is 1. The molecule has 0 aliphatic carbocycles. The van der Waals surface area contributed by atoms with Crippen LogP contribution in [0.4, 0.5) is 0 Å². The van der Waals surface area contributed by atoms with E-state index in [4.69, 9.17) is 9.47 Å². The van der Waals surface area contributed by atoms with Crippen molar-refractivity contribution in [2.45, 2.75) is 38.2 Å². The van der Waals surface area contributed by atoms with E-state index in [9.17, 15) is 4.79 Å². The molecule has 0 aromatic heterocycles. The van der Waals surface area contributed by atoms with E-state index in [0.717, 1.165) is 37.4 Å². The molecule has 1 aliphatic rings. The second kappa shape index (κ2) is 8.37. The molecule has 1 aliphatic heterocycles. The molecule has 0 radical (unpaired) electrons. The van der Waals surface area contributed by atoms with Gasteiger partial charge in [-0.15, -0.1) is 0 Å². The Morgan fingerprint density at radius 3 is 2.58 bits per heavy atom. The maximum Gasteiger partial charge on any atom is 0.260 e. The van der Waals surface area contributed by atoms with Crippen LogP contribution in [0.15, 0.2) is 54.6 Å². The lowest BCUT2D eigenvalue weighted by Crippen LogP contribution is -2.47. The Labute approximate surface area is 155 Å². The van der Waals surface area contributed by atoms with E-state index in [2.05, 4.69) is 29.6 Å². The van der Waals surface area contributed by atoms with Gasteiger partial charge in [-0.2, -0.15) is 0 Å². The summed E-state index contributed by atoms with van der Waals surface area (Å²) in [5.41, 5.74) is 2.30. The van der Waals surface area contributed by atoms with Crippen LogP contribution in [0.2, 0.25) is 0 Å². The predicted molar refractivity (Wildman–Crippen MR) is 102 cm³/mol. The molecule has 3 rings (SSSR count). The van der Waals surface area contributed by atoms with Crippen LogP contribution in [0, 0.1) is 6.92 Å². The zero-order valence-corrected chi connectivity index (χ0v) is 15.5. The van der Waals surface area contributed by atoms with Crippen LogP contribution in [0.25, 0.3) is 0 Å². The van der Waals surface area contributed by atoms with Gasteiger partial charge in [-0.25, -0.2) is 0 Å². The van der Waals surface area contributed by atoms with Crippen molar-refractivity contribution < 1.29 is 14.3 Å². The van der Waals surface area contributed by atoms with Crippen molar-refractivity contribution in [2.24, 2.45) is 0 Å². The normalized spacial score (nSPS) is 17.3. The first-order chi connectivity index (χ1) is 12.6. The Kier molecular flexibility index (Phi) is 5.94. The third-order valence-electron chi connectivity index (χ3n) is 5.11. The standard InChI is InChI=1S/C22H27NO3/c1-17-7-6-10-20(15-17)26-18(2)21(24)23-16-22(11-13-25-14-12-22)19-8-4-3-5-9-19/h3-10,15,18H,11-14,16H2,1-2H3,(H,23,24)/t18-/m1/s1. The van der Waals surface area contributed by atoms with Crippen LogP contribution >= 0.6 is 0 Å². The van der Waals surface area contributed by atoms with Gasteiger partial charge >= 0.3 is 0 Å². The Bertz CT molecular complexity index is 723. The van der Waals surface area contributed by atoms with Crippen LogP contribution in [0.1, 0.15) is 30.9 Å². The maximum absolute atomic E-state index is 12.6. The quantitative estimate of drug-likeness (QED) is 0.863. The Balaban J connectivity index is 1.64. The molecule has 2 aromatic rings. The summed E-state index contributed by atoms with van der Waals surface area (Å²) in [6.45, 7) is 5.84. The summed E-state index contributed by atoms with van der Waals surface area (Å²) in [5.74, 6) is 0.629. The van der Waals surface area contributed by atoms with Gasteiger partial charge in [0.2, 0.25) is 0 Å². The van der Waals surface area contributed by atoms with Crippen LogP contribution in [0.3, 0.4) is 0 Å². The van der Waals surface area contributed by atoms with Gasteiger partial charge in [0.1, 0.15) is 5.75 Å². The second-order valence-corrected chi connectivity index (χ2v) is 7.05. The lowest BCUT2D eigenvalue weighted by atomic mass is 9.74. The largest absolute Gasteiger partial charge is 0.481 e. The minimum absolute atomic E-state index is 0.0712. The molecule has 26 heavy (non-hydrogen) atoms. The highest BCUT2D eigenvalue weighted by Crippen LogP contribution is 2.34. The number of ether oxygens (including phenoxy) is 2. The minimum Gasteiger partial charge on any atom is -0.481 e. The molecule has 4 nitrogen and oxygen atoms in total. The number of benzene rings is 2. The molecule has 4 heteroatoms. The van der Waals surface area contributed by atoms with Gasteiger partial charge in [-0.05, 0) is 49.9 Å². The van der Waals surface area contributed by atoms with Crippen molar-refractivity contribution in [1.82, 2.24) is 5.32 Å². The zero-order valence-electron chi connectivity index (χ0n) is 15.5. The third-order valence-corrected chi connectivity index (χ3v) is 5.11. The number of nitrogens with one attached hydrogen (secondary N) is 1. The number of amides is 1. The van der Waals surface area contributed by atoms with E-state index in [0.29, 0.717) is 6.54 Å². The summed E-state index contributed by atoms with van der Waals surface area (Å²) in [7, 11) is 0. The molecular formula is C22H27NO3. The highest BCUT2D eigenvalue weighted by Gasteiger charge is 2.35. The summed E-state index contributed by atoms with van der Waals surface area (Å²) in [4.78, 5) is 12.6. The zero-order chi connectivity index (χ0) is 18.4. The molecule has 0 unspecified atom stereocenters. The molecule has 138 valence electrons. The number of aryl methyl sites for hydroxylation is 1. The number of hydrogen-bond acceptors (Lipinski definition) is 3. The molecule has 0 bridgehead atoms. The Hall–Kier alpha value is -2.33. The highest BCUT2D eigenvalue weighted by atomic mass is 16.5. The molecule has 1 N–H and O–H groups in total. The van der Waals surface area contributed by atoms with Crippen LogP contribution < -0.4 is 10.1 Å². The van der Waals surface area contributed by atoms with Crippen LogP contribution in [0.5, 0.6) is 5.75 Å². The molecule has 2 aromatic carbocycles. The van der Waals surface area contributed by atoms with E-state index in [1.54, 1.807) is 6.92 Å². The summed E-state index contributed by atoms with van der Waals surface area (Å²) in [6, 6.07) is 18.2. The molecular weight excluding hydrogens is 326 g/mol. The molecule has 0 spiro atoms. The monoisotopic (exact) mass is 353 g/mol. The van der Waals surface area contributed by atoms with Gasteiger partial charge in [0, 0.05) is 25.2 Å². The van der Waals surface area contributed by atoms with E-state index < -0.39 is 6.10 Å². The van der Waals surface area contributed by atoms with E-state index >= 15 is 0 Å². The lowest BCUT2D eigenvalue weighted by Gasteiger charge is -2.38. The highest BCUT2D eigenvalue weighted by molar-refractivity contribution is 5.80. The molecule has 1 amide bonds. The molecule has 1 heterocycles. The van der Waals surface area contributed by atoms with Gasteiger partial charge in [0.25, 0.3) is 5.91 Å². The average molecular weight is 353 g/mol. The summed E-state index contributed by atoms with van der Waals surface area (Å²) in [6.07, 6.45) is 1.28. The third kappa shape index (κ3) is 4.44. The van der Waals surface area contributed by atoms with E-state index in [1.165, 1.54) is 5.56 Å². The van der Waals surface area contributed by atoms with Crippen LogP contribution in [-0.2, 0) is 14.9 Å². The first kappa shape index (κ1) is 18.5. The average Bonchev–Trinajstić information content (AvgIpc) is 2.67. The van der Waals surface area contributed by atoms with Crippen molar-refractivity contribution >= 4 is 5.91 Å². The molecule has 1 saturated heterocycles. The molecule has 0 saturated carbocycles. The summed E-state index contributed by atoms with van der Waals surface area (Å²) >= 11 is 0. The van der Waals surface area contributed by atoms with Crippen molar-refractivity contribution in [3.8, 4) is 5.75 Å². The van der Waals surface area contributed by atoms with E-state index in [1.807, 2.05) is 37.3 Å². The van der Waals surface area contributed by atoms with E-state index in [-0.39, 0.29) is 11.3 Å². The first-order valence-corrected chi connectivity index (χ1v) is 9.23. The number of rotatable bonds is 6. The fourth-order valence-corrected chi connectivity index (χ4v) is 3.47. The fourth-order valence-electron chi connectivity index (χ4n) is 3.47. The minimum atomic E-state index is -0.538. The fraction of sp³-hybridized carbons (Fsp3) is 0.409. The molecule has 1 atom stereocenters. The topological polar surface area (TPSA) is 47.6 Å². The van der Waals surface area contributed by atoms with Crippen molar-refractivity contribution in [3.05, 3.63) is 65.7 Å². The van der Waals surface area contributed by atoms with Gasteiger partial charge in [-0.1, -0.05) is 42.5 Å². The number of carbonyl (C=O) groups is 1. The smallest absolute Gasteiger partial charge is 0.260 e. The second-order valence-electron chi connectivity index (χ2n) is 7.05. The SMILES string of the molecule is Cc1cccc(O[C@H](C)C(=O)NCC2(c3ccccc3)CCOCC2)c1. The number of carbonyl (C=O) groups excluding carboxylic acids is 1. The summed E-state index contributed by atoms with van der Waals surface area (Å²) < 4.78 is 11.4. The maximum atomic E-state index is 12.6. The van der Waals surface area contributed by atoms with Gasteiger partial charge in [0.15, 0.2) is 6.10 Å². The Morgan fingerprint density at radius 2 is 1.88 bits per heavy atom. The first-order valence-electron chi connectivity index (χ1n) is 9.23. The summed E-state index contributed by atoms with van der Waals surface area (Å²) in [5, 5.41) is 3.11. The predicted octanol–water partition coefficient (Wildman–Crippen LogP) is 3.63. The van der Waals surface area contributed by atoms with Gasteiger partial charge < -0.3 is 14.8 Å². The molecule has 1 fully saturated rings. The van der Waals surface area contributed by atoms with Gasteiger partial charge in [0.05, 0.1) is 0 Å². The van der Waals surface area contributed by atoms with Crippen molar-refractivity contribution in [3.63, 3.8) is 0 Å². The Morgan fingerprint density at radius 1 is 1.15 bits per heavy atom. The van der Waals surface area contributed by atoms with Crippen molar-refractivity contribution in [1.29, 1.82) is 0 Å².